The fourth-order valence-corrected chi connectivity index (χ4v) is 2.73. The maximum Gasteiger partial charge on any atom is 0.253 e. The molecule has 0 saturated carbocycles. The van der Waals surface area contributed by atoms with Gasteiger partial charge in [-0.2, -0.15) is 0 Å². The normalized spacial score (nSPS) is 10.7. The van der Waals surface area contributed by atoms with Crippen molar-refractivity contribution in [2.24, 2.45) is 0 Å². The number of hydrogen-bond acceptors (Lipinski definition) is 5. The zero-order chi connectivity index (χ0) is 18.6. The number of carbonyl (C=O) groups excluding carboxylic acids is 1. The van der Waals surface area contributed by atoms with Crippen LogP contribution in [0.3, 0.4) is 0 Å². The molecule has 0 aliphatic carbocycles. The van der Waals surface area contributed by atoms with Crippen molar-refractivity contribution in [2.75, 3.05) is 7.11 Å². The molecule has 0 spiro atoms. The van der Waals surface area contributed by atoms with Gasteiger partial charge in [0.1, 0.15) is 17.6 Å². The third-order valence-corrected chi connectivity index (χ3v) is 4.16. The second kappa shape index (κ2) is 7.25. The number of benzene rings is 1. The van der Waals surface area contributed by atoms with Gasteiger partial charge >= 0.3 is 0 Å². The molecule has 134 valence electrons. The van der Waals surface area contributed by atoms with Gasteiger partial charge in [0.15, 0.2) is 5.65 Å². The summed E-state index contributed by atoms with van der Waals surface area (Å²) in [6, 6.07) is 14.9. The van der Waals surface area contributed by atoms with E-state index in [1.165, 1.54) is 0 Å². The Hall–Kier alpha value is -3.74. The van der Waals surface area contributed by atoms with Gasteiger partial charge in [0, 0.05) is 18.1 Å². The fraction of sp³-hybridized carbons (Fsp3) is 0.100. The number of hydrogen-bond donors (Lipinski definition) is 1. The van der Waals surface area contributed by atoms with E-state index in [0.717, 1.165) is 17.1 Å². The quantitative estimate of drug-likeness (QED) is 0.592. The van der Waals surface area contributed by atoms with Gasteiger partial charge in [-0.1, -0.05) is 6.07 Å². The Morgan fingerprint density at radius 3 is 2.70 bits per heavy atom. The van der Waals surface area contributed by atoms with Crippen LogP contribution in [-0.2, 0) is 6.54 Å². The minimum absolute atomic E-state index is 0.214. The molecular formula is C20H17N5O2. The molecule has 0 bridgehead atoms. The second-order valence-corrected chi connectivity index (χ2v) is 5.88. The number of imidazole rings is 1. The molecule has 0 saturated heterocycles. The van der Waals surface area contributed by atoms with Crippen molar-refractivity contribution in [3.05, 3.63) is 78.5 Å². The van der Waals surface area contributed by atoms with E-state index in [2.05, 4.69) is 20.3 Å². The monoisotopic (exact) mass is 359 g/mol. The number of aromatic nitrogens is 4. The van der Waals surface area contributed by atoms with Crippen molar-refractivity contribution < 1.29 is 9.53 Å². The van der Waals surface area contributed by atoms with Gasteiger partial charge in [-0.15, -0.1) is 0 Å². The van der Waals surface area contributed by atoms with Crippen molar-refractivity contribution in [3.8, 4) is 11.4 Å². The van der Waals surface area contributed by atoms with Gasteiger partial charge in [0.05, 0.1) is 24.9 Å². The summed E-state index contributed by atoms with van der Waals surface area (Å²) in [7, 11) is 1.63. The van der Waals surface area contributed by atoms with E-state index in [1.54, 1.807) is 31.9 Å². The fourth-order valence-electron chi connectivity index (χ4n) is 2.73. The summed E-state index contributed by atoms with van der Waals surface area (Å²) in [5.74, 6) is 0.567. The Labute approximate surface area is 155 Å². The highest BCUT2D eigenvalue weighted by atomic mass is 16.5. The van der Waals surface area contributed by atoms with Crippen LogP contribution < -0.4 is 10.1 Å². The molecule has 0 aliphatic rings. The first-order valence-electron chi connectivity index (χ1n) is 8.40. The van der Waals surface area contributed by atoms with Crippen molar-refractivity contribution in [1.82, 2.24) is 24.8 Å². The number of nitrogens with one attached hydrogen (secondary N) is 1. The van der Waals surface area contributed by atoms with Gasteiger partial charge < -0.3 is 10.1 Å². The van der Waals surface area contributed by atoms with Crippen LogP contribution in [0.4, 0.5) is 0 Å². The van der Waals surface area contributed by atoms with Crippen LogP contribution in [0.25, 0.3) is 16.9 Å². The summed E-state index contributed by atoms with van der Waals surface area (Å²) in [6.45, 7) is 0.359. The lowest BCUT2D eigenvalue weighted by Gasteiger charge is -2.06. The molecule has 0 radical (unpaired) electrons. The standard InChI is InChI=1S/C20H17N5O2/c1-27-17-7-5-16(6-8-17)25-13-24-18-10-14(11-22-19(18)25)20(26)23-12-15-4-2-3-9-21-15/h2-11,13H,12H2,1H3,(H,23,26). The summed E-state index contributed by atoms with van der Waals surface area (Å²) < 4.78 is 7.05. The predicted octanol–water partition coefficient (Wildman–Crippen LogP) is 2.75. The van der Waals surface area contributed by atoms with E-state index in [9.17, 15) is 4.79 Å². The topological polar surface area (TPSA) is 81.9 Å². The lowest BCUT2D eigenvalue weighted by molar-refractivity contribution is 0.0950. The molecule has 27 heavy (non-hydrogen) atoms. The Morgan fingerprint density at radius 1 is 1.11 bits per heavy atom. The number of nitrogens with zero attached hydrogens (tertiary/aromatic N) is 4. The predicted molar refractivity (Wildman–Crippen MR) is 101 cm³/mol. The van der Waals surface area contributed by atoms with Gasteiger partial charge in [-0.3, -0.25) is 14.3 Å². The lowest BCUT2D eigenvalue weighted by Crippen LogP contribution is -2.23. The first-order chi connectivity index (χ1) is 13.2. The van der Waals surface area contributed by atoms with Crippen LogP contribution in [0, 0.1) is 0 Å². The van der Waals surface area contributed by atoms with Gasteiger partial charge in [-0.05, 0) is 42.5 Å². The van der Waals surface area contributed by atoms with Crippen molar-refractivity contribution in [2.45, 2.75) is 6.54 Å². The molecule has 0 fully saturated rings. The van der Waals surface area contributed by atoms with Crippen molar-refractivity contribution in [1.29, 1.82) is 0 Å². The number of methoxy groups -OCH3 is 1. The molecule has 3 aromatic heterocycles. The van der Waals surface area contributed by atoms with Crippen LogP contribution in [0.2, 0.25) is 0 Å². The van der Waals surface area contributed by atoms with Gasteiger partial charge in [0.25, 0.3) is 5.91 Å². The first kappa shape index (κ1) is 16.7. The zero-order valence-corrected chi connectivity index (χ0v) is 14.7. The first-order valence-corrected chi connectivity index (χ1v) is 8.40. The van der Waals surface area contributed by atoms with Crippen LogP contribution >= 0.6 is 0 Å². The highest BCUT2D eigenvalue weighted by Crippen LogP contribution is 2.19. The SMILES string of the molecule is COc1ccc(-n2cnc3cc(C(=O)NCc4ccccn4)cnc32)cc1. The molecule has 7 heteroatoms. The Morgan fingerprint density at radius 2 is 1.96 bits per heavy atom. The highest BCUT2D eigenvalue weighted by Gasteiger charge is 2.11. The molecule has 1 N–H and O–H groups in total. The third kappa shape index (κ3) is 3.48. The third-order valence-electron chi connectivity index (χ3n) is 4.16. The number of carbonyl (C=O) groups is 1. The highest BCUT2D eigenvalue weighted by molar-refractivity contribution is 5.96. The van der Waals surface area contributed by atoms with E-state index in [4.69, 9.17) is 4.74 Å². The number of amides is 1. The molecular weight excluding hydrogens is 342 g/mol. The number of pyridine rings is 2. The molecule has 1 aromatic carbocycles. The second-order valence-electron chi connectivity index (χ2n) is 5.88. The number of fused-ring (bicyclic) bond motifs is 1. The summed E-state index contributed by atoms with van der Waals surface area (Å²) >= 11 is 0. The summed E-state index contributed by atoms with van der Waals surface area (Å²) in [6.07, 6.45) is 4.94. The van der Waals surface area contributed by atoms with E-state index in [0.29, 0.717) is 23.3 Å². The number of ether oxygens (including phenoxy) is 1. The molecule has 0 atom stereocenters. The van der Waals surface area contributed by atoms with Crippen LogP contribution in [0.15, 0.2) is 67.3 Å². The zero-order valence-electron chi connectivity index (χ0n) is 14.7. The summed E-state index contributed by atoms with van der Waals surface area (Å²) in [4.78, 5) is 25.4. The Kier molecular flexibility index (Phi) is 4.49. The molecule has 1 amide bonds. The van der Waals surface area contributed by atoms with Crippen LogP contribution in [-0.4, -0.2) is 32.5 Å². The minimum atomic E-state index is -0.214. The molecule has 4 aromatic rings. The largest absolute Gasteiger partial charge is 0.497 e. The van der Waals surface area contributed by atoms with E-state index >= 15 is 0 Å². The molecule has 0 aliphatic heterocycles. The molecule has 4 rings (SSSR count). The average molecular weight is 359 g/mol. The number of rotatable bonds is 5. The van der Waals surface area contributed by atoms with E-state index in [1.807, 2.05) is 47.0 Å². The molecule has 0 unspecified atom stereocenters. The lowest BCUT2D eigenvalue weighted by atomic mass is 10.2. The average Bonchev–Trinajstić information content (AvgIpc) is 3.16. The van der Waals surface area contributed by atoms with Crippen molar-refractivity contribution in [3.63, 3.8) is 0 Å². The van der Waals surface area contributed by atoms with Crippen LogP contribution in [0.1, 0.15) is 16.1 Å². The van der Waals surface area contributed by atoms with Crippen molar-refractivity contribution >= 4 is 17.1 Å². The van der Waals surface area contributed by atoms with Gasteiger partial charge in [0.2, 0.25) is 0 Å². The molecule has 7 nitrogen and oxygen atoms in total. The smallest absolute Gasteiger partial charge is 0.253 e. The van der Waals surface area contributed by atoms with Gasteiger partial charge in [-0.25, -0.2) is 9.97 Å². The Bertz CT molecular complexity index is 1070. The minimum Gasteiger partial charge on any atom is -0.497 e. The van der Waals surface area contributed by atoms with Crippen LogP contribution in [0.5, 0.6) is 5.75 Å². The maximum absolute atomic E-state index is 12.4. The summed E-state index contributed by atoms with van der Waals surface area (Å²) in [5, 5.41) is 2.84. The maximum atomic E-state index is 12.4. The van der Waals surface area contributed by atoms with E-state index in [-0.39, 0.29) is 5.91 Å². The molecule has 3 heterocycles. The Balaban J connectivity index is 1.55. The summed E-state index contributed by atoms with van der Waals surface area (Å²) in [5.41, 5.74) is 3.50. The van der Waals surface area contributed by atoms with E-state index < -0.39 is 0 Å².